The van der Waals surface area contributed by atoms with Crippen LogP contribution in [0.25, 0.3) is 0 Å². The van der Waals surface area contributed by atoms with Crippen molar-refractivity contribution in [3.63, 3.8) is 0 Å². The van der Waals surface area contributed by atoms with E-state index in [1.54, 1.807) is 6.92 Å². The fraction of sp³-hybridized carbons (Fsp3) is 0.200. The van der Waals surface area contributed by atoms with E-state index in [4.69, 9.17) is 4.84 Å². The molecule has 4 nitrogen and oxygen atoms in total. The molecule has 0 saturated heterocycles. The second-order valence-electron chi connectivity index (χ2n) is 3.12. The van der Waals surface area contributed by atoms with E-state index in [1.165, 1.54) is 12.1 Å². The minimum Gasteiger partial charge on any atom is -0.395 e. The fourth-order valence-corrected chi connectivity index (χ4v) is 1.93. The highest BCUT2D eigenvalue weighted by atomic mass is 79.9. The quantitative estimate of drug-likeness (QED) is 0.848. The third-order valence-corrected chi connectivity index (χ3v) is 2.67. The lowest BCUT2D eigenvalue weighted by Crippen LogP contribution is -2.14. The van der Waals surface area contributed by atoms with Crippen LogP contribution in [0.3, 0.4) is 0 Å². The van der Waals surface area contributed by atoms with Crippen molar-refractivity contribution >= 4 is 33.2 Å². The van der Waals surface area contributed by atoms with E-state index in [0.717, 1.165) is 0 Å². The SMILES string of the molecule is CCO/N=C1/C(=O)Nc2c(Br)cc(F)cc21. The number of carbonyl (C=O) groups excluding carboxylic acids is 1. The molecule has 0 aromatic heterocycles. The summed E-state index contributed by atoms with van der Waals surface area (Å²) in [5.41, 5.74) is 1.02. The molecular formula is C10H8BrFN2O2. The van der Waals surface area contributed by atoms with Gasteiger partial charge in [0, 0.05) is 10.0 Å². The van der Waals surface area contributed by atoms with Gasteiger partial charge in [0.25, 0.3) is 5.91 Å². The lowest BCUT2D eigenvalue weighted by molar-refractivity contribution is -0.110. The predicted molar refractivity (Wildman–Crippen MR) is 60.9 cm³/mol. The Morgan fingerprint density at radius 3 is 3.00 bits per heavy atom. The number of anilines is 1. The summed E-state index contributed by atoms with van der Waals surface area (Å²) in [6, 6.07) is 2.53. The topological polar surface area (TPSA) is 50.7 Å². The van der Waals surface area contributed by atoms with Gasteiger partial charge in [-0.3, -0.25) is 4.79 Å². The first-order valence-corrected chi connectivity index (χ1v) is 5.43. The van der Waals surface area contributed by atoms with Gasteiger partial charge in [0.15, 0.2) is 5.71 Å². The molecule has 1 aliphatic heterocycles. The third kappa shape index (κ3) is 1.80. The number of oxime groups is 1. The normalized spacial score (nSPS) is 16.2. The van der Waals surface area contributed by atoms with Gasteiger partial charge in [0.2, 0.25) is 0 Å². The molecule has 0 saturated carbocycles. The molecule has 0 radical (unpaired) electrons. The summed E-state index contributed by atoms with van der Waals surface area (Å²) in [7, 11) is 0. The Labute approximate surface area is 99.6 Å². The first-order valence-electron chi connectivity index (χ1n) is 4.64. The van der Waals surface area contributed by atoms with Crippen LogP contribution in [0.1, 0.15) is 12.5 Å². The molecule has 1 heterocycles. The van der Waals surface area contributed by atoms with Crippen molar-refractivity contribution in [2.45, 2.75) is 6.92 Å². The van der Waals surface area contributed by atoms with E-state index in [-0.39, 0.29) is 5.71 Å². The Hall–Kier alpha value is -1.43. The van der Waals surface area contributed by atoms with E-state index in [1.807, 2.05) is 0 Å². The number of nitrogens with zero attached hydrogens (tertiary/aromatic N) is 1. The Balaban J connectivity index is 2.52. The monoisotopic (exact) mass is 286 g/mol. The van der Waals surface area contributed by atoms with Crippen molar-refractivity contribution in [3.05, 3.63) is 28.0 Å². The third-order valence-electron chi connectivity index (χ3n) is 2.05. The van der Waals surface area contributed by atoms with Crippen molar-refractivity contribution in [1.82, 2.24) is 0 Å². The zero-order chi connectivity index (χ0) is 11.7. The van der Waals surface area contributed by atoms with E-state index >= 15 is 0 Å². The van der Waals surface area contributed by atoms with Crippen molar-refractivity contribution in [1.29, 1.82) is 0 Å². The standard InChI is InChI=1S/C10H8BrFN2O2/c1-2-16-14-9-6-3-5(12)4-7(11)8(6)13-10(9)15/h3-4H,2H2,1H3,(H,13,14,15). The van der Waals surface area contributed by atoms with Crippen LogP contribution in [0.2, 0.25) is 0 Å². The number of hydrogen-bond acceptors (Lipinski definition) is 3. The van der Waals surface area contributed by atoms with Gasteiger partial charge in [-0.25, -0.2) is 4.39 Å². The second-order valence-corrected chi connectivity index (χ2v) is 3.98. The van der Waals surface area contributed by atoms with Crippen molar-refractivity contribution in [2.24, 2.45) is 5.16 Å². The molecule has 0 spiro atoms. The van der Waals surface area contributed by atoms with Gasteiger partial charge in [-0.2, -0.15) is 0 Å². The molecule has 1 aromatic rings. The number of rotatable bonds is 2. The molecule has 0 unspecified atom stereocenters. The van der Waals surface area contributed by atoms with Gasteiger partial charge >= 0.3 is 0 Å². The maximum Gasteiger partial charge on any atom is 0.278 e. The summed E-state index contributed by atoms with van der Waals surface area (Å²) in [6.07, 6.45) is 0. The molecule has 84 valence electrons. The van der Waals surface area contributed by atoms with Gasteiger partial charge < -0.3 is 10.2 Å². The Kier molecular flexibility index (Phi) is 2.91. The Bertz CT molecular complexity index is 488. The van der Waals surface area contributed by atoms with Crippen LogP contribution in [0.5, 0.6) is 0 Å². The molecule has 1 aliphatic rings. The maximum absolute atomic E-state index is 13.2. The van der Waals surface area contributed by atoms with Gasteiger partial charge in [0.05, 0.1) is 5.69 Å². The first-order chi connectivity index (χ1) is 7.63. The summed E-state index contributed by atoms with van der Waals surface area (Å²) in [5, 5.41) is 6.25. The number of amides is 1. The molecule has 0 fully saturated rings. The van der Waals surface area contributed by atoms with Crippen LogP contribution < -0.4 is 5.32 Å². The summed E-state index contributed by atoms with van der Waals surface area (Å²) in [5.74, 6) is -0.832. The van der Waals surface area contributed by atoms with Crippen molar-refractivity contribution in [2.75, 3.05) is 11.9 Å². The minimum atomic E-state index is -0.439. The highest BCUT2D eigenvalue weighted by Gasteiger charge is 2.29. The number of nitrogens with one attached hydrogen (secondary N) is 1. The smallest absolute Gasteiger partial charge is 0.278 e. The maximum atomic E-state index is 13.2. The molecule has 0 aliphatic carbocycles. The average molecular weight is 287 g/mol. The van der Waals surface area contributed by atoms with Gasteiger partial charge in [-0.1, -0.05) is 5.16 Å². The van der Waals surface area contributed by atoms with Gasteiger partial charge in [-0.05, 0) is 35.0 Å². The van der Waals surface area contributed by atoms with Gasteiger partial charge in [0.1, 0.15) is 12.4 Å². The van der Waals surface area contributed by atoms with Crippen LogP contribution in [0.4, 0.5) is 10.1 Å². The number of benzene rings is 1. The molecule has 0 atom stereocenters. The van der Waals surface area contributed by atoms with E-state index in [2.05, 4.69) is 26.4 Å². The zero-order valence-electron chi connectivity index (χ0n) is 8.38. The van der Waals surface area contributed by atoms with E-state index in [0.29, 0.717) is 22.3 Å². The number of hydrogen-bond donors (Lipinski definition) is 1. The fourth-order valence-electron chi connectivity index (χ4n) is 1.40. The Morgan fingerprint density at radius 2 is 2.31 bits per heavy atom. The molecular weight excluding hydrogens is 279 g/mol. The van der Waals surface area contributed by atoms with Crippen LogP contribution >= 0.6 is 15.9 Å². The molecule has 1 N–H and O–H groups in total. The zero-order valence-corrected chi connectivity index (χ0v) is 9.97. The molecule has 1 amide bonds. The average Bonchev–Trinajstić information content (AvgIpc) is 2.53. The van der Waals surface area contributed by atoms with Gasteiger partial charge in [-0.15, -0.1) is 0 Å². The highest BCUT2D eigenvalue weighted by Crippen LogP contribution is 2.32. The van der Waals surface area contributed by atoms with E-state index in [9.17, 15) is 9.18 Å². The first kappa shape index (κ1) is 11.1. The molecule has 1 aromatic carbocycles. The molecule has 16 heavy (non-hydrogen) atoms. The van der Waals surface area contributed by atoms with Crippen molar-refractivity contribution < 1.29 is 14.0 Å². The summed E-state index contributed by atoms with van der Waals surface area (Å²) in [6.45, 7) is 2.10. The van der Waals surface area contributed by atoms with Crippen LogP contribution in [0, 0.1) is 5.82 Å². The second kappa shape index (κ2) is 4.21. The highest BCUT2D eigenvalue weighted by molar-refractivity contribution is 9.10. The molecule has 6 heteroatoms. The number of halogens is 2. The number of fused-ring (bicyclic) bond motifs is 1. The van der Waals surface area contributed by atoms with Crippen LogP contribution in [-0.4, -0.2) is 18.2 Å². The lowest BCUT2D eigenvalue weighted by atomic mass is 10.1. The van der Waals surface area contributed by atoms with Crippen LogP contribution in [0.15, 0.2) is 21.8 Å². The summed E-state index contributed by atoms with van der Waals surface area (Å²) < 4.78 is 13.7. The molecule has 0 bridgehead atoms. The largest absolute Gasteiger partial charge is 0.395 e. The minimum absolute atomic E-state index is 0.0945. The summed E-state index contributed by atoms with van der Waals surface area (Å²) in [4.78, 5) is 16.3. The van der Waals surface area contributed by atoms with Crippen molar-refractivity contribution in [3.8, 4) is 0 Å². The van der Waals surface area contributed by atoms with Crippen LogP contribution in [-0.2, 0) is 9.63 Å². The predicted octanol–water partition coefficient (Wildman–Crippen LogP) is 2.28. The Morgan fingerprint density at radius 1 is 1.56 bits per heavy atom. The van der Waals surface area contributed by atoms with E-state index < -0.39 is 11.7 Å². The summed E-state index contributed by atoms with van der Waals surface area (Å²) >= 11 is 3.17. The lowest BCUT2D eigenvalue weighted by Gasteiger charge is -2.00. The molecule has 2 rings (SSSR count). The number of carbonyl (C=O) groups is 1.